The molecule has 8 aromatic rings. The molecule has 6 aromatic carbocycles. The van der Waals surface area contributed by atoms with Crippen LogP contribution < -0.4 is 9.80 Å². The van der Waals surface area contributed by atoms with Crippen molar-refractivity contribution in [3.05, 3.63) is 229 Å². The standard InChI is InChI=1S/C61H52N4/c1-43-57(41-40-56-54-27-15-17-29-59(54)65(61(43)56)49-24-12-5-13-25-49)63(47-20-8-3-9-21-47)51-36-32-45(33-37-51)44-30-34-50(35-31-44)62(46-18-6-2-7-19-46)52-38-39-55-53-26-14-16-28-58(53)64(60(55)42-52)48-22-10-4-11-23-48/h2-4,6-10,12,14-22,24-36,38-43,51,57H,5,11,13,23,37H2,1H3. The fourth-order valence-electron chi connectivity index (χ4n) is 11.0. The summed E-state index contributed by atoms with van der Waals surface area (Å²) < 4.78 is 5.03. The minimum atomic E-state index is 0.172. The van der Waals surface area contributed by atoms with Crippen molar-refractivity contribution in [2.24, 2.45) is 0 Å². The van der Waals surface area contributed by atoms with Crippen molar-refractivity contribution in [1.29, 1.82) is 0 Å². The number of nitrogens with zero attached hydrogens (tertiary/aromatic N) is 4. The molecule has 316 valence electrons. The lowest BCUT2D eigenvalue weighted by molar-refractivity contribution is 0.537. The number of aromatic nitrogens is 2. The Morgan fingerprint density at radius 2 is 1.23 bits per heavy atom. The Morgan fingerprint density at radius 3 is 1.95 bits per heavy atom. The number of rotatable bonds is 9. The highest BCUT2D eigenvalue weighted by Crippen LogP contribution is 2.45. The molecule has 4 nitrogen and oxygen atoms in total. The molecule has 0 fully saturated rings. The lowest BCUT2D eigenvalue weighted by atomic mass is 9.85. The van der Waals surface area contributed by atoms with E-state index in [1.807, 2.05) is 0 Å². The first-order valence-electron chi connectivity index (χ1n) is 23.4. The predicted octanol–water partition coefficient (Wildman–Crippen LogP) is 16.0. The van der Waals surface area contributed by atoms with Gasteiger partial charge in [0.2, 0.25) is 0 Å². The molecule has 3 atom stereocenters. The molecule has 65 heavy (non-hydrogen) atoms. The summed E-state index contributed by atoms with van der Waals surface area (Å²) in [6.45, 7) is 2.43. The zero-order valence-corrected chi connectivity index (χ0v) is 36.8. The van der Waals surface area contributed by atoms with E-state index >= 15 is 0 Å². The predicted molar refractivity (Wildman–Crippen MR) is 277 cm³/mol. The van der Waals surface area contributed by atoms with Gasteiger partial charge >= 0.3 is 0 Å². The van der Waals surface area contributed by atoms with Crippen LogP contribution in [-0.2, 0) is 0 Å². The molecule has 2 heterocycles. The van der Waals surface area contributed by atoms with Crippen LogP contribution in [0.25, 0.3) is 55.8 Å². The molecule has 4 aliphatic carbocycles. The van der Waals surface area contributed by atoms with E-state index in [4.69, 9.17) is 0 Å². The highest BCUT2D eigenvalue weighted by Gasteiger charge is 2.35. The minimum Gasteiger partial charge on any atom is -0.358 e. The van der Waals surface area contributed by atoms with Crippen molar-refractivity contribution in [1.82, 2.24) is 9.13 Å². The third-order valence-electron chi connectivity index (χ3n) is 14.1. The number of para-hydroxylation sites is 4. The molecule has 0 amide bonds. The monoisotopic (exact) mass is 840 g/mol. The molecule has 0 N–H and O–H groups in total. The Labute approximate surface area is 382 Å². The van der Waals surface area contributed by atoms with Crippen LogP contribution in [-0.4, -0.2) is 21.2 Å². The summed E-state index contributed by atoms with van der Waals surface area (Å²) >= 11 is 0. The van der Waals surface area contributed by atoms with Crippen LogP contribution in [0.1, 0.15) is 61.8 Å². The van der Waals surface area contributed by atoms with E-state index in [0.29, 0.717) is 0 Å². The summed E-state index contributed by atoms with van der Waals surface area (Å²) in [6, 6.07) is 56.1. The number of anilines is 4. The van der Waals surface area contributed by atoms with Gasteiger partial charge in [0, 0.05) is 67.5 Å². The molecule has 0 radical (unpaired) electrons. The first-order chi connectivity index (χ1) is 32.2. The van der Waals surface area contributed by atoms with Crippen LogP contribution in [0, 0.1) is 0 Å². The maximum absolute atomic E-state index is 2.67. The number of allylic oxidation sites excluding steroid dienone is 10. The quantitative estimate of drug-likeness (QED) is 0.144. The topological polar surface area (TPSA) is 16.3 Å². The molecule has 0 bridgehead atoms. The molecule has 2 aromatic heterocycles. The van der Waals surface area contributed by atoms with Gasteiger partial charge in [0.05, 0.1) is 28.6 Å². The fraction of sp³-hybridized carbons (Fsp3) is 0.148. The Morgan fingerprint density at radius 1 is 0.538 bits per heavy atom. The molecule has 0 spiro atoms. The molecule has 3 unspecified atom stereocenters. The van der Waals surface area contributed by atoms with Crippen molar-refractivity contribution in [3.63, 3.8) is 0 Å². The molecule has 4 heteroatoms. The third-order valence-corrected chi connectivity index (χ3v) is 14.1. The van der Waals surface area contributed by atoms with Crippen LogP contribution in [0.15, 0.2) is 212 Å². The Bertz CT molecular complexity index is 3310. The Kier molecular flexibility index (Phi) is 9.93. The normalized spacial score (nSPS) is 19.0. The first kappa shape index (κ1) is 39.1. The average molecular weight is 841 g/mol. The van der Waals surface area contributed by atoms with Gasteiger partial charge in [0.1, 0.15) is 0 Å². The van der Waals surface area contributed by atoms with E-state index < -0.39 is 0 Å². The van der Waals surface area contributed by atoms with E-state index in [1.54, 1.807) is 0 Å². The second-order valence-corrected chi connectivity index (χ2v) is 17.9. The molecule has 0 saturated carbocycles. The van der Waals surface area contributed by atoms with Crippen molar-refractivity contribution in [3.8, 4) is 0 Å². The van der Waals surface area contributed by atoms with Gasteiger partial charge in [-0.25, -0.2) is 0 Å². The number of benzene rings is 6. The van der Waals surface area contributed by atoms with Gasteiger partial charge in [-0.1, -0.05) is 153 Å². The maximum Gasteiger partial charge on any atom is 0.0563 e. The van der Waals surface area contributed by atoms with Gasteiger partial charge in [0.15, 0.2) is 0 Å². The molecule has 0 saturated heterocycles. The van der Waals surface area contributed by atoms with E-state index in [-0.39, 0.29) is 18.0 Å². The van der Waals surface area contributed by atoms with Crippen LogP contribution in [0.4, 0.5) is 22.7 Å². The van der Waals surface area contributed by atoms with Crippen LogP contribution in [0.3, 0.4) is 0 Å². The SMILES string of the molecule is CC1c2c(c3ccccc3n2C2=CCCC=C2)C=CC1N(c1ccccc1)C1C=CC(c2ccc(N(c3ccccc3)c3ccc4c5ccccc5n(C5=CC=CCC5)c4c3)cc2)=CC1. The smallest absolute Gasteiger partial charge is 0.0563 e. The molecule has 4 aliphatic rings. The summed E-state index contributed by atoms with van der Waals surface area (Å²) in [5, 5.41) is 3.89. The highest BCUT2D eigenvalue weighted by atomic mass is 15.2. The Hall–Kier alpha value is -7.56. The number of hydrogen-bond acceptors (Lipinski definition) is 2. The summed E-state index contributed by atoms with van der Waals surface area (Å²) in [7, 11) is 0. The zero-order valence-electron chi connectivity index (χ0n) is 36.8. The summed E-state index contributed by atoms with van der Waals surface area (Å²) in [5.41, 5.74) is 16.3. The number of hydrogen-bond donors (Lipinski definition) is 0. The highest BCUT2D eigenvalue weighted by molar-refractivity contribution is 6.11. The second kappa shape index (κ2) is 16.5. The van der Waals surface area contributed by atoms with Crippen molar-refractivity contribution < 1.29 is 0 Å². The van der Waals surface area contributed by atoms with Crippen molar-refractivity contribution >= 4 is 78.5 Å². The van der Waals surface area contributed by atoms with E-state index in [0.717, 1.165) is 49.2 Å². The minimum absolute atomic E-state index is 0.172. The fourth-order valence-corrected chi connectivity index (χ4v) is 11.0. The lowest BCUT2D eigenvalue weighted by Crippen LogP contribution is -2.45. The van der Waals surface area contributed by atoms with Gasteiger partial charge < -0.3 is 18.9 Å². The average Bonchev–Trinajstić information content (AvgIpc) is 3.90. The molecular weight excluding hydrogens is 789 g/mol. The largest absolute Gasteiger partial charge is 0.358 e. The van der Waals surface area contributed by atoms with Crippen LogP contribution >= 0.6 is 0 Å². The van der Waals surface area contributed by atoms with Crippen LogP contribution in [0.2, 0.25) is 0 Å². The van der Waals surface area contributed by atoms with E-state index in [2.05, 4.69) is 244 Å². The molecule has 12 rings (SSSR count). The summed E-state index contributed by atoms with van der Waals surface area (Å²) in [6.07, 6.45) is 31.1. The summed E-state index contributed by atoms with van der Waals surface area (Å²) in [4.78, 5) is 5.06. The van der Waals surface area contributed by atoms with Crippen molar-refractivity contribution in [2.75, 3.05) is 9.80 Å². The third kappa shape index (κ3) is 6.83. The van der Waals surface area contributed by atoms with Gasteiger partial charge in [-0.05, 0) is 116 Å². The van der Waals surface area contributed by atoms with Crippen LogP contribution in [0.5, 0.6) is 0 Å². The molecular formula is C61H52N4. The van der Waals surface area contributed by atoms with E-state index in [1.165, 1.54) is 72.2 Å². The zero-order chi connectivity index (χ0) is 43.3. The van der Waals surface area contributed by atoms with Gasteiger partial charge in [0.25, 0.3) is 0 Å². The lowest BCUT2D eigenvalue weighted by Gasteiger charge is -2.42. The number of fused-ring (bicyclic) bond motifs is 6. The van der Waals surface area contributed by atoms with E-state index in [9.17, 15) is 0 Å². The summed E-state index contributed by atoms with van der Waals surface area (Å²) in [5.74, 6) is 0.253. The van der Waals surface area contributed by atoms with Crippen molar-refractivity contribution in [2.45, 2.75) is 57.0 Å². The van der Waals surface area contributed by atoms with Gasteiger partial charge in [-0.3, -0.25) is 0 Å². The second-order valence-electron chi connectivity index (χ2n) is 17.9. The van der Waals surface area contributed by atoms with Gasteiger partial charge in [-0.15, -0.1) is 0 Å². The maximum atomic E-state index is 2.67. The molecule has 0 aliphatic heterocycles. The van der Waals surface area contributed by atoms with Gasteiger partial charge in [-0.2, -0.15) is 0 Å². The first-order valence-corrected chi connectivity index (χ1v) is 23.4. The Balaban J connectivity index is 0.863.